The van der Waals surface area contributed by atoms with Crippen molar-refractivity contribution in [2.75, 3.05) is 0 Å². The van der Waals surface area contributed by atoms with Crippen LogP contribution in [0.4, 0.5) is 8.78 Å². The van der Waals surface area contributed by atoms with Crippen molar-refractivity contribution in [1.29, 1.82) is 0 Å². The summed E-state index contributed by atoms with van der Waals surface area (Å²) in [6.45, 7) is 0. The van der Waals surface area contributed by atoms with E-state index in [9.17, 15) is 34.7 Å². The van der Waals surface area contributed by atoms with Gasteiger partial charge in [-0.3, -0.25) is 0 Å². The van der Waals surface area contributed by atoms with E-state index in [1.54, 1.807) is 0 Å². The first kappa shape index (κ1) is 25.4. The van der Waals surface area contributed by atoms with Crippen molar-refractivity contribution in [2.45, 2.75) is 9.79 Å². The van der Waals surface area contributed by atoms with Gasteiger partial charge in [-0.25, -0.2) is 25.6 Å². The van der Waals surface area contributed by atoms with Crippen LogP contribution in [0.5, 0.6) is 0 Å². The van der Waals surface area contributed by atoms with Crippen LogP contribution in [0.25, 0.3) is 11.1 Å². The molecule has 24 heavy (non-hydrogen) atoms. The van der Waals surface area contributed by atoms with E-state index in [0.29, 0.717) is 24.3 Å². The van der Waals surface area contributed by atoms with Crippen LogP contribution in [0.1, 0.15) is 0 Å². The predicted octanol–water partition coefficient (Wildman–Crippen LogP) is -4.55. The Hall–Kier alpha value is 1.39. The van der Waals surface area contributed by atoms with Crippen molar-refractivity contribution in [3.63, 3.8) is 0 Å². The van der Waals surface area contributed by atoms with Crippen LogP contribution in [-0.4, -0.2) is 25.9 Å². The van der Waals surface area contributed by atoms with Crippen LogP contribution in [0.2, 0.25) is 0 Å². The van der Waals surface area contributed by atoms with Gasteiger partial charge in [0.15, 0.2) is 0 Å². The molecule has 0 saturated heterocycles. The molecule has 0 bridgehead atoms. The van der Waals surface area contributed by atoms with Crippen molar-refractivity contribution in [3.8, 4) is 11.1 Å². The molecule has 0 aliphatic rings. The maximum absolute atomic E-state index is 13.3. The molecule has 2 aromatic rings. The van der Waals surface area contributed by atoms with Gasteiger partial charge in [-0.05, 0) is 35.4 Å². The zero-order chi connectivity index (χ0) is 16.7. The maximum Gasteiger partial charge on any atom is 1.00 e. The van der Waals surface area contributed by atoms with Crippen molar-refractivity contribution in [3.05, 3.63) is 48.0 Å². The summed E-state index contributed by atoms with van der Waals surface area (Å²) in [6.07, 6.45) is 0. The van der Waals surface area contributed by atoms with Gasteiger partial charge in [0.1, 0.15) is 31.9 Å². The third-order valence-corrected chi connectivity index (χ3v) is 4.44. The first-order valence-corrected chi connectivity index (χ1v) is 8.33. The van der Waals surface area contributed by atoms with Crippen molar-refractivity contribution in [1.82, 2.24) is 0 Å². The molecule has 2 aromatic carbocycles. The molecule has 0 amide bonds. The first-order chi connectivity index (χ1) is 10.00. The molecular weight excluding hydrogens is 420 g/mol. The molecule has 0 aromatic heterocycles. The van der Waals surface area contributed by atoms with Crippen LogP contribution < -0.4 is 103 Å². The average Bonchev–Trinajstić information content (AvgIpc) is 2.37. The monoisotopic (exact) mass is 426 g/mol. The molecule has 0 atom stereocenters. The fraction of sp³-hybridized carbons (Fsp3) is 0. The molecule has 0 fully saturated rings. The summed E-state index contributed by atoms with van der Waals surface area (Å²) in [7, 11) is -10.2. The summed E-state index contributed by atoms with van der Waals surface area (Å²) >= 11 is 0. The van der Waals surface area contributed by atoms with E-state index in [0.717, 1.165) is 12.1 Å². The molecule has 0 saturated carbocycles. The molecular formula is C12H6F2K2O6S2. The standard InChI is InChI=1S/C12H8F2O6S2.2K/c13-9-3-1-7(5-11(9)21(15,16)17)8-2-4-10(14)12(6-8)22(18,19)20;;/h1-6H,(H,15,16,17)(H,18,19,20);;/q;2*+1/p-2. The van der Waals surface area contributed by atoms with Crippen LogP contribution in [0.3, 0.4) is 0 Å². The minimum atomic E-state index is -5.09. The average molecular weight is 427 g/mol. The number of hydrogen-bond donors (Lipinski definition) is 0. The molecule has 6 nitrogen and oxygen atoms in total. The number of hydrogen-bond acceptors (Lipinski definition) is 6. The summed E-state index contributed by atoms with van der Waals surface area (Å²) < 4.78 is 92.2. The maximum atomic E-state index is 13.3. The molecule has 0 aliphatic heterocycles. The van der Waals surface area contributed by atoms with Gasteiger partial charge in [0.25, 0.3) is 0 Å². The largest absolute Gasteiger partial charge is 1.00 e. The molecule has 0 radical (unpaired) electrons. The van der Waals surface area contributed by atoms with E-state index in [2.05, 4.69) is 0 Å². The summed E-state index contributed by atoms with van der Waals surface area (Å²) in [5.41, 5.74) is -0.138. The van der Waals surface area contributed by atoms with Crippen molar-refractivity contribution < 1.29 is 137 Å². The summed E-state index contributed by atoms with van der Waals surface area (Å²) in [5.74, 6) is -2.56. The van der Waals surface area contributed by atoms with Gasteiger partial charge < -0.3 is 9.11 Å². The topological polar surface area (TPSA) is 114 Å². The Morgan fingerprint density at radius 3 is 1.21 bits per heavy atom. The molecule has 0 spiro atoms. The Bertz CT molecular complexity index is 882. The number of rotatable bonds is 3. The van der Waals surface area contributed by atoms with E-state index in [1.165, 1.54) is 0 Å². The molecule has 118 valence electrons. The van der Waals surface area contributed by atoms with E-state index >= 15 is 0 Å². The molecule has 0 N–H and O–H groups in total. The van der Waals surface area contributed by atoms with Crippen LogP contribution >= 0.6 is 0 Å². The van der Waals surface area contributed by atoms with Gasteiger partial charge in [0.2, 0.25) is 0 Å². The van der Waals surface area contributed by atoms with Crippen LogP contribution in [0, 0.1) is 11.6 Å². The Morgan fingerprint density at radius 2 is 0.958 bits per heavy atom. The molecule has 0 aliphatic carbocycles. The third kappa shape index (κ3) is 6.23. The molecule has 0 unspecified atom stereocenters. The van der Waals surface area contributed by atoms with Gasteiger partial charge in [-0.1, -0.05) is 12.1 Å². The second-order valence-corrected chi connectivity index (χ2v) is 6.89. The van der Waals surface area contributed by atoms with E-state index in [1.807, 2.05) is 0 Å². The van der Waals surface area contributed by atoms with Gasteiger partial charge in [-0.15, -0.1) is 0 Å². The van der Waals surface area contributed by atoms with E-state index in [-0.39, 0.29) is 114 Å². The molecule has 12 heteroatoms. The minimum absolute atomic E-state index is 0. The van der Waals surface area contributed by atoms with Crippen LogP contribution in [-0.2, 0) is 20.2 Å². The quantitative estimate of drug-likeness (QED) is 0.361. The minimum Gasteiger partial charge on any atom is -0.744 e. The number of benzene rings is 2. The zero-order valence-corrected chi connectivity index (χ0v) is 20.4. The van der Waals surface area contributed by atoms with Gasteiger partial charge in [0, 0.05) is 0 Å². The van der Waals surface area contributed by atoms with E-state index in [4.69, 9.17) is 0 Å². The third-order valence-electron chi connectivity index (χ3n) is 2.73. The molecule has 2 rings (SSSR count). The Morgan fingerprint density at radius 1 is 0.667 bits per heavy atom. The second kappa shape index (κ2) is 9.55. The Balaban J connectivity index is 0.00000264. The smallest absolute Gasteiger partial charge is 0.744 e. The van der Waals surface area contributed by atoms with Crippen molar-refractivity contribution >= 4 is 20.2 Å². The normalized spacial score (nSPS) is 11.3. The molecule has 0 heterocycles. The summed E-state index contributed by atoms with van der Waals surface area (Å²) in [6, 6.07) is 4.83. The van der Waals surface area contributed by atoms with Crippen LogP contribution in [0.15, 0.2) is 46.2 Å². The van der Waals surface area contributed by atoms with Crippen molar-refractivity contribution in [2.24, 2.45) is 0 Å². The summed E-state index contributed by atoms with van der Waals surface area (Å²) in [4.78, 5) is -2.28. The summed E-state index contributed by atoms with van der Waals surface area (Å²) in [5, 5.41) is 0. The van der Waals surface area contributed by atoms with Gasteiger partial charge in [0.05, 0.1) is 9.79 Å². The predicted molar refractivity (Wildman–Crippen MR) is 67.7 cm³/mol. The Kier molecular flexibility index (Phi) is 10.1. The first-order valence-electron chi connectivity index (χ1n) is 5.51. The Labute approximate surface area is 222 Å². The zero-order valence-electron chi connectivity index (χ0n) is 12.5. The fourth-order valence-electron chi connectivity index (χ4n) is 1.75. The second-order valence-electron chi connectivity index (χ2n) is 4.20. The number of halogens is 2. The fourth-order valence-corrected chi connectivity index (χ4v) is 2.91. The van der Waals surface area contributed by atoms with Gasteiger partial charge in [-0.2, -0.15) is 0 Å². The SMILES string of the molecule is O=S(=O)([O-])c1cc(-c2ccc(F)c(S(=O)(=O)[O-])c2)ccc1F.[K+].[K+]. The van der Waals surface area contributed by atoms with Gasteiger partial charge >= 0.3 is 103 Å². The van der Waals surface area contributed by atoms with E-state index < -0.39 is 41.7 Å².